The van der Waals surface area contributed by atoms with Crippen molar-refractivity contribution < 1.29 is 19.1 Å². The van der Waals surface area contributed by atoms with Gasteiger partial charge in [0.1, 0.15) is 11.5 Å². The van der Waals surface area contributed by atoms with Gasteiger partial charge in [0.2, 0.25) is 17.8 Å². The van der Waals surface area contributed by atoms with Gasteiger partial charge in [-0.05, 0) is 24.3 Å². The lowest BCUT2D eigenvalue weighted by molar-refractivity contribution is -0.121. The summed E-state index contributed by atoms with van der Waals surface area (Å²) in [6.45, 7) is 0. The number of hydrogen-bond acceptors (Lipinski definition) is 6. The number of fused-ring (bicyclic) bond motifs is 1. The fourth-order valence-electron chi connectivity index (χ4n) is 2.46. The SMILES string of the molecule is COc1ccc(NC(=O)CCC(=O)Nc2nnc3ccccn23)c(OC)c1. The van der Waals surface area contributed by atoms with Crippen molar-refractivity contribution >= 4 is 29.1 Å². The third kappa shape index (κ3) is 4.32. The summed E-state index contributed by atoms with van der Waals surface area (Å²) in [6, 6.07) is 10.5. The number of anilines is 2. The first-order chi connectivity index (χ1) is 13.1. The van der Waals surface area contributed by atoms with Gasteiger partial charge in [-0.15, -0.1) is 10.2 Å². The monoisotopic (exact) mass is 369 g/mol. The number of amides is 2. The van der Waals surface area contributed by atoms with E-state index in [2.05, 4.69) is 20.8 Å². The highest BCUT2D eigenvalue weighted by molar-refractivity contribution is 5.97. The van der Waals surface area contributed by atoms with Crippen molar-refractivity contribution in [3.63, 3.8) is 0 Å². The van der Waals surface area contributed by atoms with Crippen LogP contribution in [0.15, 0.2) is 42.6 Å². The highest BCUT2D eigenvalue weighted by Gasteiger charge is 2.13. The molecule has 0 fully saturated rings. The van der Waals surface area contributed by atoms with Crippen LogP contribution in [0.1, 0.15) is 12.8 Å². The van der Waals surface area contributed by atoms with E-state index in [1.54, 1.807) is 42.0 Å². The summed E-state index contributed by atoms with van der Waals surface area (Å²) < 4.78 is 12.0. The third-order valence-electron chi connectivity index (χ3n) is 3.83. The van der Waals surface area contributed by atoms with Gasteiger partial charge in [0.25, 0.3) is 0 Å². The molecule has 0 spiro atoms. The van der Waals surface area contributed by atoms with E-state index in [-0.39, 0.29) is 24.7 Å². The molecule has 27 heavy (non-hydrogen) atoms. The van der Waals surface area contributed by atoms with E-state index in [4.69, 9.17) is 9.47 Å². The van der Waals surface area contributed by atoms with Gasteiger partial charge in [-0.2, -0.15) is 0 Å². The second-order valence-corrected chi connectivity index (χ2v) is 5.62. The summed E-state index contributed by atoms with van der Waals surface area (Å²) in [6.07, 6.45) is 1.76. The molecule has 2 heterocycles. The number of nitrogens with one attached hydrogen (secondary N) is 2. The predicted octanol–water partition coefficient (Wildman–Crippen LogP) is 2.10. The van der Waals surface area contributed by atoms with E-state index in [1.165, 1.54) is 7.11 Å². The first-order valence-corrected chi connectivity index (χ1v) is 8.22. The maximum Gasteiger partial charge on any atom is 0.235 e. The number of hydrogen-bond donors (Lipinski definition) is 2. The minimum atomic E-state index is -0.329. The van der Waals surface area contributed by atoms with Crippen molar-refractivity contribution in [2.75, 3.05) is 24.9 Å². The molecule has 9 nitrogen and oxygen atoms in total. The standard InChI is InChI=1S/C18H19N5O4/c1-26-12-6-7-13(14(11-12)27-2)19-16(24)8-9-17(25)20-18-22-21-15-5-3-4-10-23(15)18/h3-7,10-11H,8-9H2,1-2H3,(H,19,24)(H,20,22,25). The van der Waals surface area contributed by atoms with Gasteiger partial charge in [-0.1, -0.05) is 6.07 Å². The zero-order chi connectivity index (χ0) is 19.2. The van der Waals surface area contributed by atoms with Crippen LogP contribution >= 0.6 is 0 Å². The molecule has 3 aromatic rings. The summed E-state index contributed by atoms with van der Waals surface area (Å²) in [5, 5.41) is 13.2. The van der Waals surface area contributed by atoms with Gasteiger partial charge in [-0.25, -0.2) is 0 Å². The van der Waals surface area contributed by atoms with E-state index in [9.17, 15) is 9.59 Å². The molecule has 3 rings (SSSR count). The predicted molar refractivity (Wildman–Crippen MR) is 99.0 cm³/mol. The van der Waals surface area contributed by atoms with Crippen LogP contribution in [0, 0.1) is 0 Å². The van der Waals surface area contributed by atoms with E-state index in [0.717, 1.165) is 0 Å². The number of carbonyl (C=O) groups is 2. The molecule has 2 amide bonds. The lowest BCUT2D eigenvalue weighted by Crippen LogP contribution is -2.18. The Morgan fingerprint density at radius 2 is 1.78 bits per heavy atom. The molecule has 0 unspecified atom stereocenters. The molecule has 0 radical (unpaired) electrons. The summed E-state index contributed by atoms with van der Waals surface area (Å²) in [7, 11) is 3.05. The number of methoxy groups -OCH3 is 2. The molecule has 0 saturated heterocycles. The van der Waals surface area contributed by atoms with Crippen LogP contribution in [0.25, 0.3) is 5.65 Å². The number of carbonyl (C=O) groups excluding carboxylic acids is 2. The van der Waals surface area contributed by atoms with E-state index in [0.29, 0.717) is 28.8 Å². The lowest BCUT2D eigenvalue weighted by atomic mass is 10.2. The van der Waals surface area contributed by atoms with Gasteiger partial charge in [0, 0.05) is 25.1 Å². The highest BCUT2D eigenvalue weighted by atomic mass is 16.5. The Labute approximate surface area is 155 Å². The van der Waals surface area contributed by atoms with Crippen LogP contribution in [0.4, 0.5) is 11.6 Å². The lowest BCUT2D eigenvalue weighted by Gasteiger charge is -2.11. The Balaban J connectivity index is 1.55. The molecule has 0 aliphatic carbocycles. The fraction of sp³-hybridized carbons (Fsp3) is 0.222. The topological polar surface area (TPSA) is 107 Å². The molecular weight excluding hydrogens is 350 g/mol. The van der Waals surface area contributed by atoms with Crippen LogP contribution in [0.2, 0.25) is 0 Å². The van der Waals surface area contributed by atoms with Gasteiger partial charge in [-0.3, -0.25) is 19.3 Å². The third-order valence-corrected chi connectivity index (χ3v) is 3.83. The number of ether oxygens (including phenoxy) is 2. The maximum absolute atomic E-state index is 12.1. The molecule has 9 heteroatoms. The van der Waals surface area contributed by atoms with Crippen molar-refractivity contribution in [3.05, 3.63) is 42.6 Å². The largest absolute Gasteiger partial charge is 0.497 e. The Morgan fingerprint density at radius 3 is 2.52 bits per heavy atom. The number of aromatic nitrogens is 3. The summed E-state index contributed by atoms with van der Waals surface area (Å²) >= 11 is 0. The Hall–Kier alpha value is -3.62. The van der Waals surface area contributed by atoms with Gasteiger partial charge < -0.3 is 14.8 Å². The second kappa shape index (κ2) is 8.17. The van der Waals surface area contributed by atoms with Crippen molar-refractivity contribution in [3.8, 4) is 11.5 Å². The molecular formula is C18H19N5O4. The van der Waals surface area contributed by atoms with Crippen LogP contribution in [0.5, 0.6) is 11.5 Å². The van der Waals surface area contributed by atoms with Crippen LogP contribution in [0.3, 0.4) is 0 Å². The van der Waals surface area contributed by atoms with E-state index in [1.807, 2.05) is 12.1 Å². The smallest absolute Gasteiger partial charge is 0.235 e. The molecule has 0 atom stereocenters. The van der Waals surface area contributed by atoms with Crippen LogP contribution in [-0.4, -0.2) is 40.6 Å². The molecule has 0 aliphatic heterocycles. The molecule has 2 N–H and O–H groups in total. The van der Waals surface area contributed by atoms with E-state index >= 15 is 0 Å². The molecule has 1 aromatic carbocycles. The number of nitrogens with zero attached hydrogens (tertiary/aromatic N) is 3. The number of rotatable bonds is 7. The first-order valence-electron chi connectivity index (χ1n) is 8.22. The van der Waals surface area contributed by atoms with E-state index < -0.39 is 0 Å². The van der Waals surface area contributed by atoms with Crippen molar-refractivity contribution in [2.45, 2.75) is 12.8 Å². The summed E-state index contributed by atoms with van der Waals surface area (Å²) in [5.41, 5.74) is 1.13. The molecule has 2 aromatic heterocycles. The normalized spacial score (nSPS) is 10.4. The van der Waals surface area contributed by atoms with Crippen LogP contribution < -0.4 is 20.1 Å². The first kappa shape index (κ1) is 18.2. The average molecular weight is 369 g/mol. The fourth-order valence-corrected chi connectivity index (χ4v) is 2.46. The second-order valence-electron chi connectivity index (χ2n) is 5.62. The minimum absolute atomic E-state index is 0.00600. The number of pyridine rings is 1. The number of benzene rings is 1. The van der Waals surface area contributed by atoms with Gasteiger partial charge in [0.15, 0.2) is 5.65 Å². The van der Waals surface area contributed by atoms with Gasteiger partial charge >= 0.3 is 0 Å². The maximum atomic E-state index is 12.1. The zero-order valence-corrected chi connectivity index (χ0v) is 14.9. The van der Waals surface area contributed by atoms with Crippen molar-refractivity contribution in [1.82, 2.24) is 14.6 Å². The quantitative estimate of drug-likeness (QED) is 0.660. The van der Waals surface area contributed by atoms with Crippen molar-refractivity contribution in [1.29, 1.82) is 0 Å². The summed E-state index contributed by atoms with van der Waals surface area (Å²) in [4.78, 5) is 24.2. The summed E-state index contributed by atoms with van der Waals surface area (Å²) in [5.74, 6) is 0.768. The van der Waals surface area contributed by atoms with Crippen molar-refractivity contribution in [2.24, 2.45) is 0 Å². The average Bonchev–Trinajstić information content (AvgIpc) is 3.09. The molecule has 0 saturated carbocycles. The zero-order valence-electron chi connectivity index (χ0n) is 14.9. The Morgan fingerprint density at radius 1 is 1.00 bits per heavy atom. The van der Waals surface area contributed by atoms with Gasteiger partial charge in [0.05, 0.1) is 19.9 Å². The highest BCUT2D eigenvalue weighted by Crippen LogP contribution is 2.29. The Kier molecular flexibility index (Phi) is 5.50. The molecule has 140 valence electrons. The van der Waals surface area contributed by atoms with Crippen LogP contribution in [-0.2, 0) is 9.59 Å². The molecule has 0 bridgehead atoms. The molecule has 0 aliphatic rings. The Bertz CT molecular complexity index is 969. The minimum Gasteiger partial charge on any atom is -0.497 e.